The maximum Gasteiger partial charge on any atom is 0.257 e. The van der Waals surface area contributed by atoms with Crippen LogP contribution in [-0.2, 0) is 11.3 Å². The molecule has 3 aromatic carbocycles. The van der Waals surface area contributed by atoms with Gasteiger partial charge in [-0.1, -0.05) is 77.9 Å². The second-order valence-corrected chi connectivity index (χ2v) is 10.3. The fraction of sp³-hybridized carbons (Fsp3) is 0.355. The zero-order valence-corrected chi connectivity index (χ0v) is 21.7. The first-order valence-electron chi connectivity index (χ1n) is 13.0. The van der Waals surface area contributed by atoms with Crippen molar-refractivity contribution in [3.05, 3.63) is 106 Å². The van der Waals surface area contributed by atoms with Gasteiger partial charge in [0.15, 0.2) is 0 Å². The summed E-state index contributed by atoms with van der Waals surface area (Å²) in [4.78, 5) is 18.4. The molecule has 36 heavy (non-hydrogen) atoms. The van der Waals surface area contributed by atoms with Gasteiger partial charge in [0, 0.05) is 44.7 Å². The van der Waals surface area contributed by atoms with Gasteiger partial charge in [0.05, 0.1) is 18.3 Å². The molecule has 0 unspecified atom stereocenters. The molecule has 1 amide bonds. The lowest BCUT2D eigenvalue weighted by atomic mass is 9.94. The number of nitrogens with zero attached hydrogens (tertiary/aromatic N) is 4. The van der Waals surface area contributed by atoms with Crippen molar-refractivity contribution < 1.29 is 4.79 Å². The summed E-state index contributed by atoms with van der Waals surface area (Å²) in [7, 11) is 0. The van der Waals surface area contributed by atoms with Crippen LogP contribution < -0.4 is 0 Å². The van der Waals surface area contributed by atoms with Crippen molar-refractivity contribution >= 4 is 11.6 Å². The molecule has 0 aromatic heterocycles. The molecule has 2 aliphatic heterocycles. The van der Waals surface area contributed by atoms with Crippen molar-refractivity contribution in [1.29, 1.82) is 0 Å². The summed E-state index contributed by atoms with van der Waals surface area (Å²) in [6, 6.07) is 25.6. The molecule has 1 saturated heterocycles. The second-order valence-electron chi connectivity index (χ2n) is 10.3. The van der Waals surface area contributed by atoms with Crippen molar-refractivity contribution in [2.24, 2.45) is 5.10 Å². The Bertz CT molecular complexity index is 1230. The lowest BCUT2D eigenvalue weighted by molar-refractivity contribution is -0.134. The van der Waals surface area contributed by atoms with E-state index in [1.165, 1.54) is 22.3 Å². The molecule has 0 bridgehead atoms. The number of piperazine rings is 1. The molecule has 0 spiro atoms. The minimum Gasteiger partial charge on any atom is -0.297 e. The first-order chi connectivity index (χ1) is 17.5. The van der Waals surface area contributed by atoms with Crippen LogP contribution in [0.3, 0.4) is 0 Å². The van der Waals surface area contributed by atoms with Gasteiger partial charge in [-0.25, -0.2) is 5.01 Å². The molecule has 0 N–H and O–H groups in total. The van der Waals surface area contributed by atoms with Crippen LogP contribution in [0.5, 0.6) is 0 Å². The third-order valence-corrected chi connectivity index (χ3v) is 7.40. The highest BCUT2D eigenvalue weighted by Gasteiger charge is 2.34. The quantitative estimate of drug-likeness (QED) is 0.492. The number of hydrogen-bond donors (Lipinski definition) is 0. The average molecular weight is 481 g/mol. The van der Waals surface area contributed by atoms with E-state index < -0.39 is 0 Å². The van der Waals surface area contributed by atoms with E-state index >= 15 is 0 Å². The molecule has 1 fully saturated rings. The Kier molecular flexibility index (Phi) is 7.30. The van der Waals surface area contributed by atoms with E-state index in [9.17, 15) is 4.79 Å². The Labute approximate surface area is 215 Å². The van der Waals surface area contributed by atoms with Gasteiger partial charge in [-0.3, -0.25) is 14.6 Å². The fourth-order valence-corrected chi connectivity index (χ4v) is 5.21. The van der Waals surface area contributed by atoms with Gasteiger partial charge in [0.2, 0.25) is 0 Å². The topological polar surface area (TPSA) is 39.2 Å². The van der Waals surface area contributed by atoms with Crippen LogP contribution in [0.4, 0.5) is 0 Å². The van der Waals surface area contributed by atoms with Crippen LogP contribution in [0.2, 0.25) is 0 Å². The van der Waals surface area contributed by atoms with E-state index in [1.807, 2.05) is 0 Å². The number of rotatable bonds is 6. The Balaban J connectivity index is 1.29. The lowest BCUT2D eigenvalue weighted by Crippen LogP contribution is -2.49. The zero-order chi connectivity index (χ0) is 25.1. The molecule has 0 saturated carbocycles. The number of carbonyl (C=O) groups is 1. The summed E-state index contributed by atoms with van der Waals surface area (Å²) < 4.78 is 0. The summed E-state index contributed by atoms with van der Waals surface area (Å²) in [5, 5.41) is 6.70. The Morgan fingerprint density at radius 1 is 0.833 bits per heavy atom. The Morgan fingerprint density at radius 3 is 2.22 bits per heavy atom. The smallest absolute Gasteiger partial charge is 0.257 e. The van der Waals surface area contributed by atoms with Gasteiger partial charge in [-0.05, 0) is 43.5 Å². The molecule has 5 rings (SSSR count). The van der Waals surface area contributed by atoms with E-state index in [-0.39, 0.29) is 11.9 Å². The van der Waals surface area contributed by atoms with Crippen molar-refractivity contribution in [2.75, 3.05) is 32.7 Å². The summed E-state index contributed by atoms with van der Waals surface area (Å²) in [6.07, 6.45) is 0.740. The molecule has 2 heterocycles. The summed E-state index contributed by atoms with van der Waals surface area (Å²) in [6.45, 7) is 11.4. The van der Waals surface area contributed by atoms with Gasteiger partial charge in [-0.2, -0.15) is 5.10 Å². The first kappa shape index (κ1) is 24.4. The maximum absolute atomic E-state index is 13.6. The number of aryl methyl sites for hydroxylation is 3. The normalized spacial score (nSPS) is 18.9. The van der Waals surface area contributed by atoms with Crippen molar-refractivity contribution in [3.8, 4) is 0 Å². The molecule has 1 atom stereocenters. The zero-order valence-electron chi connectivity index (χ0n) is 21.7. The van der Waals surface area contributed by atoms with Crippen LogP contribution in [0.1, 0.15) is 45.8 Å². The van der Waals surface area contributed by atoms with E-state index in [1.54, 1.807) is 5.01 Å². The third-order valence-electron chi connectivity index (χ3n) is 7.40. The fourth-order valence-electron chi connectivity index (χ4n) is 5.21. The largest absolute Gasteiger partial charge is 0.297 e. The van der Waals surface area contributed by atoms with Gasteiger partial charge in [-0.15, -0.1) is 0 Å². The number of amides is 1. The monoisotopic (exact) mass is 480 g/mol. The molecular formula is C31H36N4O. The minimum absolute atomic E-state index is 0.0626. The number of carbonyl (C=O) groups excluding carboxylic acids is 1. The molecule has 0 radical (unpaired) electrons. The van der Waals surface area contributed by atoms with Gasteiger partial charge >= 0.3 is 0 Å². The molecular weight excluding hydrogens is 444 g/mol. The minimum atomic E-state index is -0.0626. The van der Waals surface area contributed by atoms with Crippen molar-refractivity contribution in [2.45, 2.75) is 39.8 Å². The van der Waals surface area contributed by atoms with Crippen LogP contribution >= 0.6 is 0 Å². The standard InChI is InChI=1S/C31H36N4O/c1-23-10-13-27(14-11-23)30-20-29(28-19-24(2)9-12-25(28)3)32-35(30)31(36)22-34-17-15-33(16-18-34)21-26-7-5-4-6-8-26/h4-14,19,30H,15-18,20-22H2,1-3H3/t30-/m0/s1. The Hall–Kier alpha value is -3.28. The molecule has 2 aliphatic rings. The van der Waals surface area contributed by atoms with E-state index in [0.29, 0.717) is 6.54 Å². The SMILES string of the molecule is Cc1ccc([C@@H]2CC(c3cc(C)ccc3C)=NN2C(=O)CN2CCN(Cc3ccccc3)CC2)cc1. The summed E-state index contributed by atoms with van der Waals surface area (Å²) in [5.74, 6) is 0.0809. The summed E-state index contributed by atoms with van der Waals surface area (Å²) in [5.41, 5.74) is 8.27. The average Bonchev–Trinajstić information content (AvgIpc) is 3.33. The lowest BCUT2D eigenvalue weighted by Gasteiger charge is -2.35. The number of benzene rings is 3. The first-order valence-corrected chi connectivity index (χ1v) is 13.0. The van der Waals surface area contributed by atoms with Crippen LogP contribution in [0.25, 0.3) is 0 Å². The number of hydrogen-bond acceptors (Lipinski definition) is 4. The molecule has 5 heteroatoms. The molecule has 186 valence electrons. The predicted molar refractivity (Wildman–Crippen MR) is 146 cm³/mol. The van der Waals surface area contributed by atoms with Crippen molar-refractivity contribution in [3.63, 3.8) is 0 Å². The highest BCUT2D eigenvalue weighted by atomic mass is 16.2. The Morgan fingerprint density at radius 2 is 1.50 bits per heavy atom. The second kappa shape index (κ2) is 10.8. The van der Waals surface area contributed by atoms with Crippen LogP contribution in [-0.4, -0.2) is 59.2 Å². The highest BCUT2D eigenvalue weighted by Crippen LogP contribution is 2.34. The van der Waals surface area contributed by atoms with Crippen LogP contribution in [0.15, 0.2) is 77.9 Å². The molecule has 3 aromatic rings. The van der Waals surface area contributed by atoms with Gasteiger partial charge < -0.3 is 0 Å². The summed E-state index contributed by atoms with van der Waals surface area (Å²) >= 11 is 0. The van der Waals surface area contributed by atoms with E-state index in [4.69, 9.17) is 5.10 Å². The van der Waals surface area contributed by atoms with Gasteiger partial charge in [0.25, 0.3) is 5.91 Å². The maximum atomic E-state index is 13.6. The molecule has 5 nitrogen and oxygen atoms in total. The van der Waals surface area contributed by atoms with Crippen molar-refractivity contribution in [1.82, 2.24) is 14.8 Å². The van der Waals surface area contributed by atoms with E-state index in [0.717, 1.165) is 56.0 Å². The molecule has 0 aliphatic carbocycles. The third kappa shape index (κ3) is 5.58. The predicted octanol–water partition coefficient (Wildman–Crippen LogP) is 5.11. The highest BCUT2D eigenvalue weighted by molar-refractivity contribution is 6.04. The van der Waals surface area contributed by atoms with Gasteiger partial charge in [0.1, 0.15) is 0 Å². The van der Waals surface area contributed by atoms with E-state index in [2.05, 4.69) is 103 Å². The van der Waals surface area contributed by atoms with Crippen LogP contribution in [0, 0.1) is 20.8 Å². The number of hydrazone groups is 1.